The van der Waals surface area contributed by atoms with E-state index in [1.54, 1.807) is 0 Å². The minimum atomic E-state index is -3.62. The number of hydrogen-bond donors (Lipinski definition) is 2. The molecule has 0 heterocycles. The Bertz CT molecular complexity index is 869. The molecule has 0 atom stereocenters. The third kappa shape index (κ3) is 3.20. The molecule has 1 saturated carbocycles. The summed E-state index contributed by atoms with van der Waals surface area (Å²) in [6, 6.07) is 13.7. The van der Waals surface area contributed by atoms with E-state index in [0.717, 1.165) is 12.8 Å². The van der Waals surface area contributed by atoms with Gasteiger partial charge in [0.25, 0.3) is 0 Å². The molecule has 0 aromatic heterocycles. The zero-order valence-corrected chi connectivity index (χ0v) is 14.3. The molecule has 1 aliphatic carbocycles. The molecule has 1 fully saturated rings. The Hall–Kier alpha value is -2.18. The van der Waals surface area contributed by atoms with Crippen molar-refractivity contribution in [2.45, 2.75) is 30.1 Å². The predicted molar refractivity (Wildman–Crippen MR) is 92.2 cm³/mol. The van der Waals surface area contributed by atoms with Gasteiger partial charge in [-0.05, 0) is 55.2 Å². The molecule has 6 heteroatoms. The maximum absolute atomic E-state index is 12.5. The summed E-state index contributed by atoms with van der Waals surface area (Å²) in [5.74, 6) is -0.580. The van der Waals surface area contributed by atoms with Crippen molar-refractivity contribution in [2.24, 2.45) is 5.73 Å². The van der Waals surface area contributed by atoms with Gasteiger partial charge in [0.15, 0.2) is 0 Å². The van der Waals surface area contributed by atoms with Crippen molar-refractivity contribution < 1.29 is 13.2 Å². The summed E-state index contributed by atoms with van der Waals surface area (Å²) in [6.45, 7) is 2.42. The van der Waals surface area contributed by atoms with Crippen LogP contribution in [0, 0.1) is 6.92 Å². The highest BCUT2D eigenvalue weighted by Gasteiger charge is 2.45. The molecule has 2 aromatic rings. The number of hydrogen-bond acceptors (Lipinski definition) is 3. The van der Waals surface area contributed by atoms with Gasteiger partial charge in [-0.25, -0.2) is 13.1 Å². The third-order valence-corrected chi connectivity index (χ3v) is 6.04. The lowest BCUT2D eigenvalue weighted by atomic mass is 9.92. The van der Waals surface area contributed by atoms with Crippen LogP contribution in [0.2, 0.25) is 0 Å². The van der Waals surface area contributed by atoms with Gasteiger partial charge in [0.2, 0.25) is 15.9 Å². The normalized spacial score (nSPS) is 15.9. The summed E-state index contributed by atoms with van der Waals surface area (Å²) < 4.78 is 27.7. The van der Waals surface area contributed by atoms with Gasteiger partial charge in [-0.3, -0.25) is 4.79 Å². The molecule has 3 N–H and O–H groups in total. The highest BCUT2D eigenvalue weighted by Crippen LogP contribution is 2.48. The molecule has 0 saturated heterocycles. The first kappa shape index (κ1) is 16.7. The van der Waals surface area contributed by atoms with Crippen LogP contribution in [-0.4, -0.2) is 20.9 Å². The van der Waals surface area contributed by atoms with Crippen LogP contribution >= 0.6 is 0 Å². The quantitative estimate of drug-likeness (QED) is 0.841. The van der Waals surface area contributed by atoms with E-state index < -0.39 is 15.9 Å². The minimum Gasteiger partial charge on any atom is -0.366 e. The summed E-state index contributed by atoms with van der Waals surface area (Å²) in [7, 11) is -3.62. The fourth-order valence-electron chi connectivity index (χ4n) is 2.98. The summed E-state index contributed by atoms with van der Waals surface area (Å²) in [5, 5.41) is 0. The molecule has 126 valence electrons. The summed E-state index contributed by atoms with van der Waals surface area (Å²) in [6.07, 6.45) is 1.95. The molecular formula is C18H20N2O3S. The van der Waals surface area contributed by atoms with Crippen LogP contribution in [0.5, 0.6) is 0 Å². The topological polar surface area (TPSA) is 89.3 Å². The Labute approximate surface area is 141 Å². The number of benzene rings is 2. The highest BCUT2D eigenvalue weighted by atomic mass is 32.2. The minimum absolute atomic E-state index is 0.106. The maximum Gasteiger partial charge on any atom is 0.248 e. The standard InChI is InChI=1S/C18H20N2O3S/c1-13-4-2-3-5-16(13)18(10-11-18)12-20-24(22,23)15-8-6-14(7-9-15)17(19)21/h2-9,20H,10-12H2,1H3,(H2,19,21). The van der Waals surface area contributed by atoms with Crippen molar-refractivity contribution in [1.82, 2.24) is 4.72 Å². The monoisotopic (exact) mass is 344 g/mol. The lowest BCUT2D eigenvalue weighted by molar-refractivity contribution is 0.1000. The van der Waals surface area contributed by atoms with E-state index in [9.17, 15) is 13.2 Å². The number of nitrogens with two attached hydrogens (primary N) is 1. The number of amides is 1. The van der Waals surface area contributed by atoms with Crippen LogP contribution < -0.4 is 10.5 Å². The molecule has 1 aliphatic rings. The summed E-state index contributed by atoms with van der Waals surface area (Å²) in [4.78, 5) is 11.2. The Morgan fingerprint density at radius 3 is 2.29 bits per heavy atom. The lowest BCUT2D eigenvalue weighted by Gasteiger charge is -2.19. The van der Waals surface area contributed by atoms with Crippen molar-refractivity contribution in [2.75, 3.05) is 6.54 Å². The van der Waals surface area contributed by atoms with Crippen molar-refractivity contribution in [3.05, 3.63) is 65.2 Å². The molecule has 24 heavy (non-hydrogen) atoms. The van der Waals surface area contributed by atoms with Gasteiger partial charge in [-0.15, -0.1) is 0 Å². The molecule has 0 aliphatic heterocycles. The first-order valence-corrected chi connectivity index (χ1v) is 9.28. The molecule has 1 amide bonds. The highest BCUT2D eigenvalue weighted by molar-refractivity contribution is 7.89. The SMILES string of the molecule is Cc1ccccc1C1(CNS(=O)(=O)c2ccc(C(N)=O)cc2)CC1. The van der Waals surface area contributed by atoms with E-state index in [2.05, 4.69) is 10.8 Å². The van der Waals surface area contributed by atoms with Crippen molar-refractivity contribution in [1.29, 1.82) is 0 Å². The van der Waals surface area contributed by atoms with Crippen LogP contribution in [-0.2, 0) is 15.4 Å². The van der Waals surface area contributed by atoms with Gasteiger partial charge >= 0.3 is 0 Å². The van der Waals surface area contributed by atoms with E-state index in [0.29, 0.717) is 6.54 Å². The predicted octanol–water partition coefficient (Wildman–Crippen LogP) is 2.10. The molecule has 0 unspecified atom stereocenters. The average molecular weight is 344 g/mol. The molecular weight excluding hydrogens is 324 g/mol. The number of rotatable bonds is 6. The Morgan fingerprint density at radius 1 is 1.12 bits per heavy atom. The van der Waals surface area contributed by atoms with Crippen molar-refractivity contribution in [3.63, 3.8) is 0 Å². The number of primary amides is 1. The van der Waals surface area contributed by atoms with Gasteiger partial charge in [-0.2, -0.15) is 0 Å². The van der Waals surface area contributed by atoms with Crippen LogP contribution in [0.1, 0.15) is 34.3 Å². The Morgan fingerprint density at radius 2 is 1.75 bits per heavy atom. The van der Waals surface area contributed by atoms with Crippen LogP contribution in [0.25, 0.3) is 0 Å². The summed E-state index contributed by atoms with van der Waals surface area (Å²) >= 11 is 0. The van der Waals surface area contributed by atoms with Gasteiger partial charge < -0.3 is 5.73 Å². The molecule has 2 aromatic carbocycles. The maximum atomic E-state index is 12.5. The van der Waals surface area contributed by atoms with Gasteiger partial charge in [0.05, 0.1) is 4.90 Å². The smallest absolute Gasteiger partial charge is 0.248 e. The average Bonchev–Trinajstić information content (AvgIpc) is 3.35. The van der Waals surface area contributed by atoms with Crippen LogP contribution in [0.3, 0.4) is 0 Å². The van der Waals surface area contributed by atoms with Crippen LogP contribution in [0.4, 0.5) is 0 Å². The van der Waals surface area contributed by atoms with E-state index in [-0.39, 0.29) is 15.9 Å². The molecule has 3 rings (SSSR count). The van der Waals surface area contributed by atoms with Crippen molar-refractivity contribution in [3.8, 4) is 0 Å². The number of sulfonamides is 1. The number of nitrogens with one attached hydrogen (secondary N) is 1. The molecule has 0 radical (unpaired) electrons. The van der Waals surface area contributed by atoms with E-state index >= 15 is 0 Å². The second-order valence-electron chi connectivity index (χ2n) is 6.31. The Balaban J connectivity index is 1.76. The van der Waals surface area contributed by atoms with Gasteiger partial charge in [0.1, 0.15) is 0 Å². The third-order valence-electron chi connectivity index (χ3n) is 4.62. The Kier molecular flexibility index (Phi) is 4.19. The van der Waals surface area contributed by atoms with Crippen molar-refractivity contribution >= 4 is 15.9 Å². The van der Waals surface area contributed by atoms with E-state index in [4.69, 9.17) is 5.73 Å². The second-order valence-corrected chi connectivity index (χ2v) is 8.08. The fourth-order valence-corrected chi connectivity index (χ4v) is 4.10. The fraction of sp³-hybridized carbons (Fsp3) is 0.278. The van der Waals surface area contributed by atoms with E-state index in [1.807, 2.05) is 25.1 Å². The van der Waals surface area contributed by atoms with Crippen LogP contribution in [0.15, 0.2) is 53.4 Å². The zero-order valence-electron chi connectivity index (χ0n) is 13.5. The number of carbonyl (C=O) groups excluding carboxylic acids is 1. The lowest BCUT2D eigenvalue weighted by Crippen LogP contribution is -2.32. The molecule has 0 spiro atoms. The summed E-state index contributed by atoms with van der Waals surface area (Å²) in [5.41, 5.74) is 7.74. The largest absolute Gasteiger partial charge is 0.366 e. The van der Waals surface area contributed by atoms with Gasteiger partial charge in [-0.1, -0.05) is 24.3 Å². The zero-order chi connectivity index (χ0) is 17.4. The number of aryl methyl sites for hydroxylation is 1. The molecule has 5 nitrogen and oxygen atoms in total. The molecule has 0 bridgehead atoms. The first-order valence-electron chi connectivity index (χ1n) is 7.80. The second kappa shape index (κ2) is 6.03. The first-order chi connectivity index (χ1) is 11.3. The van der Waals surface area contributed by atoms with E-state index in [1.165, 1.54) is 35.4 Å². The number of carbonyl (C=O) groups is 1. The van der Waals surface area contributed by atoms with Gasteiger partial charge in [0, 0.05) is 17.5 Å².